The predicted octanol–water partition coefficient (Wildman–Crippen LogP) is -1.05. The highest BCUT2D eigenvalue weighted by Gasteiger charge is 2.00. The number of aliphatic hydroxyl groups excluding tert-OH is 1. The normalized spacial score (nSPS) is 12.7. The molecule has 0 bridgehead atoms. The number of carbonyl (C=O) groups excluding carboxylic acids is 1. The highest BCUT2D eigenvalue weighted by molar-refractivity contribution is 7.80. The van der Waals surface area contributed by atoms with Gasteiger partial charge in [-0.05, 0) is 0 Å². The van der Waals surface area contributed by atoms with Crippen molar-refractivity contribution in [1.82, 2.24) is 5.32 Å². The van der Waals surface area contributed by atoms with Crippen LogP contribution in [0.1, 0.15) is 0 Å². The van der Waals surface area contributed by atoms with Gasteiger partial charge in [-0.15, -0.1) is 0 Å². The molecule has 0 radical (unpaired) electrons. The van der Waals surface area contributed by atoms with Gasteiger partial charge in [0.2, 0.25) is 0 Å². The van der Waals surface area contributed by atoms with Crippen molar-refractivity contribution in [3.05, 3.63) is 0 Å². The standard InChI is InChI=1S/C4H10N2O2S/c5-4(8)6-1-3(7)2-9/h3,7,9H,1-2H2,(H3,5,6,8). The molecule has 0 aliphatic heterocycles. The van der Waals surface area contributed by atoms with Crippen LogP contribution in [0.15, 0.2) is 0 Å². The molecular weight excluding hydrogens is 140 g/mol. The molecular formula is C4H10N2O2S. The number of hydrogen-bond donors (Lipinski definition) is 4. The Balaban J connectivity index is 3.16. The van der Waals surface area contributed by atoms with Crippen LogP contribution in [0, 0.1) is 0 Å². The molecule has 0 aliphatic rings. The summed E-state index contributed by atoms with van der Waals surface area (Å²) in [6.45, 7) is 0.166. The number of nitrogens with two attached hydrogens (primary N) is 1. The van der Waals surface area contributed by atoms with E-state index < -0.39 is 12.1 Å². The monoisotopic (exact) mass is 150 g/mol. The average molecular weight is 150 g/mol. The zero-order valence-electron chi connectivity index (χ0n) is 4.87. The van der Waals surface area contributed by atoms with Crippen molar-refractivity contribution in [3.63, 3.8) is 0 Å². The van der Waals surface area contributed by atoms with Crippen LogP contribution in [0.25, 0.3) is 0 Å². The number of urea groups is 1. The first-order chi connectivity index (χ1) is 4.16. The van der Waals surface area contributed by atoms with Crippen LogP contribution in [-0.2, 0) is 0 Å². The van der Waals surface area contributed by atoms with E-state index in [1.54, 1.807) is 0 Å². The largest absolute Gasteiger partial charge is 0.390 e. The molecule has 0 spiro atoms. The van der Waals surface area contributed by atoms with Gasteiger partial charge < -0.3 is 16.2 Å². The second kappa shape index (κ2) is 4.46. The Bertz CT molecular complexity index is 98.6. The lowest BCUT2D eigenvalue weighted by Crippen LogP contribution is -2.36. The summed E-state index contributed by atoms with van der Waals surface area (Å²) in [5.74, 6) is 0.320. The van der Waals surface area contributed by atoms with E-state index in [1.807, 2.05) is 0 Å². The molecule has 0 aromatic heterocycles. The molecule has 9 heavy (non-hydrogen) atoms. The molecule has 2 amide bonds. The fraction of sp³-hybridized carbons (Fsp3) is 0.750. The topological polar surface area (TPSA) is 75.4 Å². The number of rotatable bonds is 3. The van der Waals surface area contributed by atoms with Crippen molar-refractivity contribution >= 4 is 18.7 Å². The fourth-order valence-corrected chi connectivity index (χ4v) is 0.412. The quantitative estimate of drug-likeness (QED) is 0.387. The molecule has 0 rings (SSSR count). The lowest BCUT2D eigenvalue weighted by molar-refractivity contribution is 0.194. The van der Waals surface area contributed by atoms with Gasteiger partial charge in [0.05, 0.1) is 6.10 Å². The molecule has 1 unspecified atom stereocenters. The van der Waals surface area contributed by atoms with Crippen LogP contribution in [0.2, 0.25) is 0 Å². The Hall–Kier alpha value is -0.420. The highest BCUT2D eigenvalue weighted by atomic mass is 32.1. The molecule has 0 aliphatic carbocycles. The van der Waals surface area contributed by atoms with Gasteiger partial charge in [-0.25, -0.2) is 4.79 Å². The number of aliphatic hydroxyl groups is 1. The second-order valence-corrected chi connectivity index (χ2v) is 1.95. The third-order valence-electron chi connectivity index (χ3n) is 0.723. The number of nitrogens with one attached hydrogen (secondary N) is 1. The summed E-state index contributed by atoms with van der Waals surface area (Å²) in [5.41, 5.74) is 4.71. The molecule has 0 heterocycles. The second-order valence-electron chi connectivity index (χ2n) is 1.58. The van der Waals surface area contributed by atoms with Crippen molar-refractivity contribution in [2.75, 3.05) is 12.3 Å². The lowest BCUT2D eigenvalue weighted by Gasteiger charge is -2.05. The van der Waals surface area contributed by atoms with E-state index in [0.29, 0.717) is 5.75 Å². The number of carbonyl (C=O) groups is 1. The molecule has 54 valence electrons. The number of amides is 2. The Morgan fingerprint density at radius 3 is 2.78 bits per heavy atom. The SMILES string of the molecule is NC(=O)NCC(O)CS. The third-order valence-corrected chi connectivity index (χ3v) is 1.14. The summed E-state index contributed by atoms with van der Waals surface area (Å²) in [6.07, 6.45) is -0.610. The van der Waals surface area contributed by atoms with E-state index in [0.717, 1.165) is 0 Å². The van der Waals surface area contributed by atoms with Gasteiger partial charge in [0.25, 0.3) is 0 Å². The highest BCUT2D eigenvalue weighted by Crippen LogP contribution is 1.82. The van der Waals surface area contributed by atoms with Gasteiger partial charge in [0, 0.05) is 12.3 Å². The van der Waals surface area contributed by atoms with E-state index in [1.165, 1.54) is 0 Å². The number of thiol groups is 1. The minimum absolute atomic E-state index is 0.166. The van der Waals surface area contributed by atoms with Crippen molar-refractivity contribution in [2.45, 2.75) is 6.10 Å². The van der Waals surface area contributed by atoms with Crippen molar-refractivity contribution in [1.29, 1.82) is 0 Å². The molecule has 0 aromatic rings. The minimum atomic E-state index is -0.629. The summed E-state index contributed by atoms with van der Waals surface area (Å²) in [6, 6.07) is -0.629. The molecule has 0 aromatic carbocycles. The molecule has 4 nitrogen and oxygen atoms in total. The molecule has 0 fully saturated rings. The van der Waals surface area contributed by atoms with Crippen LogP contribution in [-0.4, -0.2) is 29.5 Å². The molecule has 0 saturated heterocycles. The predicted molar refractivity (Wildman–Crippen MR) is 37.4 cm³/mol. The number of primary amides is 1. The maximum absolute atomic E-state index is 9.99. The van der Waals surface area contributed by atoms with Gasteiger partial charge >= 0.3 is 6.03 Å². The van der Waals surface area contributed by atoms with Crippen LogP contribution in [0.5, 0.6) is 0 Å². The summed E-state index contributed by atoms with van der Waals surface area (Å²) in [7, 11) is 0. The third kappa shape index (κ3) is 5.45. The van der Waals surface area contributed by atoms with Crippen LogP contribution < -0.4 is 11.1 Å². The van der Waals surface area contributed by atoms with E-state index in [-0.39, 0.29) is 6.54 Å². The molecule has 5 heteroatoms. The van der Waals surface area contributed by atoms with Gasteiger partial charge in [0.15, 0.2) is 0 Å². The number of hydrogen-bond acceptors (Lipinski definition) is 3. The van der Waals surface area contributed by atoms with Gasteiger partial charge in [0.1, 0.15) is 0 Å². The van der Waals surface area contributed by atoms with Crippen molar-refractivity contribution in [2.24, 2.45) is 5.73 Å². The minimum Gasteiger partial charge on any atom is -0.390 e. The Labute approximate surface area is 58.8 Å². The first kappa shape index (κ1) is 8.58. The van der Waals surface area contributed by atoms with Crippen LogP contribution in [0.3, 0.4) is 0 Å². The van der Waals surface area contributed by atoms with E-state index in [9.17, 15) is 4.79 Å². The van der Waals surface area contributed by atoms with Crippen molar-refractivity contribution in [3.8, 4) is 0 Å². The summed E-state index contributed by atoms with van der Waals surface area (Å²) < 4.78 is 0. The maximum atomic E-state index is 9.99. The smallest absolute Gasteiger partial charge is 0.312 e. The van der Waals surface area contributed by atoms with Gasteiger partial charge in [-0.3, -0.25) is 0 Å². The summed E-state index contributed by atoms with van der Waals surface area (Å²) >= 11 is 3.78. The first-order valence-corrected chi connectivity index (χ1v) is 3.12. The van der Waals surface area contributed by atoms with E-state index >= 15 is 0 Å². The lowest BCUT2D eigenvalue weighted by atomic mass is 10.4. The molecule has 1 atom stereocenters. The fourth-order valence-electron chi connectivity index (χ4n) is 0.283. The van der Waals surface area contributed by atoms with Crippen LogP contribution in [0.4, 0.5) is 4.79 Å². The average Bonchev–Trinajstić information content (AvgIpc) is 1.83. The van der Waals surface area contributed by atoms with Crippen LogP contribution >= 0.6 is 12.6 Å². The van der Waals surface area contributed by atoms with Crippen molar-refractivity contribution < 1.29 is 9.90 Å². The molecule has 4 N–H and O–H groups in total. The summed E-state index contributed by atoms with van der Waals surface area (Å²) in [5, 5.41) is 11.0. The van der Waals surface area contributed by atoms with E-state index in [2.05, 4.69) is 17.9 Å². The first-order valence-electron chi connectivity index (χ1n) is 2.49. The Kier molecular flexibility index (Phi) is 4.25. The zero-order chi connectivity index (χ0) is 7.28. The van der Waals surface area contributed by atoms with Gasteiger partial charge in [-0.1, -0.05) is 0 Å². The van der Waals surface area contributed by atoms with Gasteiger partial charge in [-0.2, -0.15) is 12.6 Å². The van der Waals surface area contributed by atoms with E-state index in [4.69, 9.17) is 10.8 Å². The Morgan fingerprint density at radius 1 is 1.89 bits per heavy atom. The molecule has 0 saturated carbocycles. The Morgan fingerprint density at radius 2 is 2.44 bits per heavy atom. The maximum Gasteiger partial charge on any atom is 0.312 e. The zero-order valence-corrected chi connectivity index (χ0v) is 5.77. The summed E-state index contributed by atoms with van der Waals surface area (Å²) in [4.78, 5) is 9.99.